The van der Waals surface area contributed by atoms with Crippen LogP contribution >= 0.6 is 0 Å². The monoisotopic (exact) mass is 221 g/mol. The van der Waals surface area contributed by atoms with Crippen molar-refractivity contribution in [3.63, 3.8) is 0 Å². The first-order valence-corrected chi connectivity index (χ1v) is 5.88. The summed E-state index contributed by atoms with van der Waals surface area (Å²) in [6.07, 6.45) is 6.71. The molecule has 0 unspecified atom stereocenters. The second-order valence-corrected chi connectivity index (χ2v) is 4.40. The molecule has 5 nitrogen and oxygen atoms in total. The molecule has 1 saturated carbocycles. The van der Waals surface area contributed by atoms with Gasteiger partial charge in [-0.1, -0.05) is 25.7 Å². The van der Waals surface area contributed by atoms with E-state index in [1.165, 1.54) is 32.1 Å². The van der Waals surface area contributed by atoms with Crippen molar-refractivity contribution < 1.29 is 0 Å². The van der Waals surface area contributed by atoms with E-state index in [9.17, 15) is 0 Å². The molecule has 1 aliphatic carbocycles. The number of rotatable bonds is 4. The number of anilines is 3. The lowest BCUT2D eigenvalue weighted by Gasteiger charge is -2.10. The summed E-state index contributed by atoms with van der Waals surface area (Å²) >= 11 is 0. The predicted octanol–water partition coefficient (Wildman–Crippen LogP) is 1.63. The average molecular weight is 221 g/mol. The van der Waals surface area contributed by atoms with E-state index in [-0.39, 0.29) is 5.95 Å². The fraction of sp³-hybridized carbons (Fsp3) is 0.636. The highest BCUT2D eigenvalue weighted by molar-refractivity contribution is 5.48. The molecule has 1 fully saturated rings. The Hall–Kier alpha value is -1.52. The molecule has 88 valence electrons. The zero-order chi connectivity index (χ0) is 11.4. The molecule has 1 heterocycles. The van der Waals surface area contributed by atoms with Crippen molar-refractivity contribution in [2.24, 2.45) is 5.92 Å². The Labute approximate surface area is 95.6 Å². The molecular weight excluding hydrogens is 202 g/mol. The summed E-state index contributed by atoms with van der Waals surface area (Å²) in [5.41, 5.74) is 11.1. The zero-order valence-electron chi connectivity index (χ0n) is 9.45. The molecule has 1 aromatic rings. The highest BCUT2D eigenvalue weighted by Gasteiger charge is 2.14. The van der Waals surface area contributed by atoms with Crippen molar-refractivity contribution in [1.82, 2.24) is 9.97 Å². The van der Waals surface area contributed by atoms with Gasteiger partial charge >= 0.3 is 0 Å². The minimum atomic E-state index is 0.225. The zero-order valence-corrected chi connectivity index (χ0v) is 9.45. The summed E-state index contributed by atoms with van der Waals surface area (Å²) in [5, 5.41) is 3.24. The van der Waals surface area contributed by atoms with Gasteiger partial charge in [-0.2, -0.15) is 9.97 Å². The Morgan fingerprint density at radius 3 is 2.69 bits per heavy atom. The lowest BCUT2D eigenvalue weighted by atomic mass is 10.0. The van der Waals surface area contributed by atoms with Crippen LogP contribution in [0.25, 0.3) is 0 Å². The maximum atomic E-state index is 5.58. The van der Waals surface area contributed by atoms with Crippen molar-refractivity contribution in [2.45, 2.75) is 32.1 Å². The Kier molecular flexibility index (Phi) is 3.44. The predicted molar refractivity (Wildman–Crippen MR) is 65.9 cm³/mol. The van der Waals surface area contributed by atoms with Gasteiger partial charge in [-0.05, 0) is 12.3 Å². The SMILES string of the molecule is Nc1cc(NCCC2CCCC2)nc(N)n1. The van der Waals surface area contributed by atoms with Crippen LogP contribution in [0.1, 0.15) is 32.1 Å². The van der Waals surface area contributed by atoms with Gasteiger partial charge in [0.2, 0.25) is 5.95 Å². The van der Waals surface area contributed by atoms with Gasteiger partial charge in [-0.3, -0.25) is 0 Å². The van der Waals surface area contributed by atoms with Crippen molar-refractivity contribution in [3.05, 3.63) is 6.07 Å². The number of nitrogen functional groups attached to an aromatic ring is 2. The molecule has 0 radical (unpaired) electrons. The molecule has 1 aliphatic rings. The summed E-state index contributed by atoms with van der Waals surface area (Å²) in [4.78, 5) is 7.90. The van der Waals surface area contributed by atoms with Crippen LogP contribution in [0, 0.1) is 5.92 Å². The number of nitrogens with zero attached hydrogens (tertiary/aromatic N) is 2. The third kappa shape index (κ3) is 2.98. The third-order valence-corrected chi connectivity index (χ3v) is 3.10. The Bertz CT molecular complexity index is 326. The first kappa shape index (κ1) is 11.0. The second-order valence-electron chi connectivity index (χ2n) is 4.40. The maximum Gasteiger partial charge on any atom is 0.223 e. The Morgan fingerprint density at radius 2 is 2.00 bits per heavy atom. The molecular formula is C11H19N5. The van der Waals surface area contributed by atoms with Gasteiger partial charge < -0.3 is 16.8 Å². The summed E-state index contributed by atoms with van der Waals surface area (Å²) in [7, 11) is 0. The minimum Gasteiger partial charge on any atom is -0.383 e. The number of nitrogens with one attached hydrogen (secondary N) is 1. The van der Waals surface area contributed by atoms with Crippen LogP contribution in [0.4, 0.5) is 17.6 Å². The Morgan fingerprint density at radius 1 is 1.25 bits per heavy atom. The fourth-order valence-corrected chi connectivity index (χ4v) is 2.28. The van der Waals surface area contributed by atoms with Crippen molar-refractivity contribution in [3.8, 4) is 0 Å². The van der Waals surface area contributed by atoms with Crippen LogP contribution in [0.3, 0.4) is 0 Å². The minimum absolute atomic E-state index is 0.225. The molecule has 5 N–H and O–H groups in total. The standard InChI is InChI=1S/C11H19N5/c12-9-7-10(16-11(13)15-9)14-6-5-8-3-1-2-4-8/h7-8H,1-6H2,(H5,12,13,14,15,16). The number of nitrogens with two attached hydrogens (primary N) is 2. The van der Waals surface area contributed by atoms with Crippen molar-refractivity contribution in [1.29, 1.82) is 0 Å². The molecule has 0 aliphatic heterocycles. The van der Waals surface area contributed by atoms with E-state index < -0.39 is 0 Å². The molecule has 16 heavy (non-hydrogen) atoms. The van der Waals surface area contributed by atoms with Gasteiger partial charge in [0, 0.05) is 12.6 Å². The van der Waals surface area contributed by atoms with Gasteiger partial charge in [-0.25, -0.2) is 0 Å². The van der Waals surface area contributed by atoms with E-state index in [0.717, 1.165) is 18.3 Å². The highest BCUT2D eigenvalue weighted by Crippen LogP contribution is 2.27. The highest BCUT2D eigenvalue weighted by atomic mass is 15.1. The van der Waals surface area contributed by atoms with E-state index in [1.54, 1.807) is 6.07 Å². The van der Waals surface area contributed by atoms with E-state index in [0.29, 0.717) is 5.82 Å². The topological polar surface area (TPSA) is 89.8 Å². The molecule has 1 aromatic heterocycles. The first-order chi connectivity index (χ1) is 7.74. The summed E-state index contributed by atoms with van der Waals surface area (Å²) in [5.74, 6) is 2.24. The van der Waals surface area contributed by atoms with E-state index >= 15 is 0 Å². The van der Waals surface area contributed by atoms with Crippen molar-refractivity contribution >= 4 is 17.6 Å². The Balaban J connectivity index is 1.80. The molecule has 0 aromatic carbocycles. The van der Waals surface area contributed by atoms with E-state index in [1.807, 2.05) is 0 Å². The average Bonchev–Trinajstić information content (AvgIpc) is 2.69. The molecule has 0 atom stereocenters. The van der Waals surface area contributed by atoms with Crippen LogP contribution in [0.5, 0.6) is 0 Å². The van der Waals surface area contributed by atoms with Crippen LogP contribution < -0.4 is 16.8 Å². The molecule has 0 bridgehead atoms. The van der Waals surface area contributed by atoms with Crippen molar-refractivity contribution in [2.75, 3.05) is 23.3 Å². The van der Waals surface area contributed by atoms with Crippen LogP contribution in [0.15, 0.2) is 6.07 Å². The molecule has 2 rings (SSSR count). The van der Waals surface area contributed by atoms with Gasteiger partial charge in [0.1, 0.15) is 11.6 Å². The number of hydrogen-bond donors (Lipinski definition) is 3. The number of hydrogen-bond acceptors (Lipinski definition) is 5. The molecule has 0 saturated heterocycles. The fourth-order valence-electron chi connectivity index (χ4n) is 2.28. The third-order valence-electron chi connectivity index (χ3n) is 3.10. The van der Waals surface area contributed by atoms with E-state index in [4.69, 9.17) is 11.5 Å². The quantitative estimate of drug-likeness (QED) is 0.719. The molecule has 0 spiro atoms. The normalized spacial score (nSPS) is 16.5. The summed E-state index contributed by atoms with van der Waals surface area (Å²) < 4.78 is 0. The van der Waals surface area contributed by atoms with Gasteiger partial charge in [-0.15, -0.1) is 0 Å². The summed E-state index contributed by atoms with van der Waals surface area (Å²) in [6.45, 7) is 0.931. The lowest BCUT2D eigenvalue weighted by Crippen LogP contribution is -2.09. The molecule has 0 amide bonds. The second kappa shape index (κ2) is 5.01. The van der Waals surface area contributed by atoms with Gasteiger partial charge in [0.05, 0.1) is 0 Å². The van der Waals surface area contributed by atoms with Gasteiger partial charge in [0.25, 0.3) is 0 Å². The first-order valence-electron chi connectivity index (χ1n) is 5.88. The van der Waals surface area contributed by atoms with Gasteiger partial charge in [0.15, 0.2) is 0 Å². The largest absolute Gasteiger partial charge is 0.383 e. The van der Waals surface area contributed by atoms with Crippen LogP contribution in [0.2, 0.25) is 0 Å². The summed E-state index contributed by atoms with van der Waals surface area (Å²) in [6, 6.07) is 1.71. The van der Waals surface area contributed by atoms with Crippen LogP contribution in [-0.2, 0) is 0 Å². The number of aromatic nitrogens is 2. The smallest absolute Gasteiger partial charge is 0.223 e. The van der Waals surface area contributed by atoms with Crippen LogP contribution in [-0.4, -0.2) is 16.5 Å². The van der Waals surface area contributed by atoms with E-state index in [2.05, 4.69) is 15.3 Å². The maximum absolute atomic E-state index is 5.58. The molecule has 5 heteroatoms. The lowest BCUT2D eigenvalue weighted by molar-refractivity contribution is 0.518.